The van der Waals surface area contributed by atoms with Crippen molar-refractivity contribution in [2.24, 2.45) is 0 Å². The number of nitrogens with one attached hydrogen (secondary N) is 1. The van der Waals surface area contributed by atoms with Gasteiger partial charge in [0.2, 0.25) is 11.7 Å². The van der Waals surface area contributed by atoms with E-state index in [1.54, 1.807) is 4.90 Å². The molecule has 0 saturated carbocycles. The first-order valence-electron chi connectivity index (χ1n) is 8.09. The number of amides is 2. The number of nitrogens with zero attached hydrogens (tertiary/aromatic N) is 4. The topological polar surface area (TPSA) is 97.3 Å². The quantitative estimate of drug-likeness (QED) is 0.784. The average molecular weight is 339 g/mol. The molecular formula is C17H17N5O3. The van der Waals surface area contributed by atoms with Crippen LogP contribution in [0.15, 0.2) is 39.4 Å². The number of carbonyl (C=O) groups excluding carboxylic acids is 1. The van der Waals surface area contributed by atoms with Crippen LogP contribution in [0.1, 0.15) is 23.8 Å². The van der Waals surface area contributed by atoms with Crippen LogP contribution < -0.4 is 10.2 Å². The Morgan fingerprint density at radius 1 is 1.20 bits per heavy atom. The summed E-state index contributed by atoms with van der Waals surface area (Å²) in [5.74, 6) is 1.72. The van der Waals surface area contributed by atoms with Gasteiger partial charge in [0.25, 0.3) is 0 Å². The molecule has 128 valence electrons. The normalized spacial score (nSPS) is 14.6. The predicted octanol–water partition coefficient (Wildman–Crippen LogP) is 2.54. The van der Waals surface area contributed by atoms with Crippen LogP contribution >= 0.6 is 0 Å². The maximum Gasteiger partial charge on any atom is 0.321 e. The highest BCUT2D eigenvalue weighted by atomic mass is 16.5. The zero-order valence-electron chi connectivity index (χ0n) is 13.7. The summed E-state index contributed by atoms with van der Waals surface area (Å²) < 4.78 is 10.3. The van der Waals surface area contributed by atoms with E-state index in [0.717, 1.165) is 35.7 Å². The Labute approximate surface area is 143 Å². The summed E-state index contributed by atoms with van der Waals surface area (Å²) in [6.07, 6.45) is 1.36. The Hall–Kier alpha value is -3.16. The standard InChI is InChI=1S/C17H17N5O3/c1-11-9-13(20-24-11)10-15-19-16(21-25-15)12-3-5-14(6-4-12)22-8-2-7-18-17(22)23/h3-6,9H,2,7-8,10H2,1H3,(H,18,23). The Morgan fingerprint density at radius 3 is 2.76 bits per heavy atom. The van der Waals surface area contributed by atoms with Gasteiger partial charge in [0, 0.05) is 30.4 Å². The molecule has 1 aliphatic rings. The van der Waals surface area contributed by atoms with Gasteiger partial charge in [-0.1, -0.05) is 10.3 Å². The molecule has 0 spiro atoms. The summed E-state index contributed by atoms with van der Waals surface area (Å²) in [4.78, 5) is 18.0. The van der Waals surface area contributed by atoms with E-state index in [4.69, 9.17) is 9.05 Å². The number of urea groups is 1. The highest BCUT2D eigenvalue weighted by Gasteiger charge is 2.19. The van der Waals surface area contributed by atoms with Crippen molar-refractivity contribution < 1.29 is 13.8 Å². The monoisotopic (exact) mass is 339 g/mol. The largest absolute Gasteiger partial charge is 0.361 e. The molecule has 0 atom stereocenters. The second kappa shape index (κ2) is 6.39. The van der Waals surface area contributed by atoms with Gasteiger partial charge in [-0.3, -0.25) is 4.90 Å². The van der Waals surface area contributed by atoms with Gasteiger partial charge < -0.3 is 14.4 Å². The van der Waals surface area contributed by atoms with Gasteiger partial charge in [-0.15, -0.1) is 0 Å². The fourth-order valence-electron chi connectivity index (χ4n) is 2.77. The van der Waals surface area contributed by atoms with Crippen LogP contribution in [0, 0.1) is 6.92 Å². The highest BCUT2D eigenvalue weighted by Crippen LogP contribution is 2.23. The SMILES string of the molecule is Cc1cc(Cc2nc(-c3ccc(N4CCCNC4=O)cc3)no2)no1. The van der Waals surface area contributed by atoms with Crippen molar-refractivity contribution in [3.8, 4) is 11.4 Å². The average Bonchev–Trinajstić information content (AvgIpc) is 3.25. The number of hydrogen-bond donors (Lipinski definition) is 1. The van der Waals surface area contributed by atoms with Crippen LogP contribution in [0.25, 0.3) is 11.4 Å². The lowest BCUT2D eigenvalue weighted by atomic mass is 10.1. The third-order valence-corrected chi connectivity index (χ3v) is 3.99. The molecule has 0 radical (unpaired) electrons. The first-order chi connectivity index (χ1) is 12.2. The zero-order chi connectivity index (χ0) is 17.2. The number of aromatic nitrogens is 3. The van der Waals surface area contributed by atoms with Gasteiger partial charge in [0.1, 0.15) is 5.76 Å². The Morgan fingerprint density at radius 2 is 2.04 bits per heavy atom. The van der Waals surface area contributed by atoms with Crippen LogP contribution in [0.2, 0.25) is 0 Å². The number of carbonyl (C=O) groups is 1. The molecule has 1 aromatic carbocycles. The molecular weight excluding hydrogens is 322 g/mol. The summed E-state index contributed by atoms with van der Waals surface area (Å²) in [6, 6.07) is 9.30. The predicted molar refractivity (Wildman–Crippen MR) is 89.1 cm³/mol. The molecule has 1 aliphatic heterocycles. The summed E-state index contributed by atoms with van der Waals surface area (Å²) in [5, 5.41) is 10.8. The van der Waals surface area contributed by atoms with E-state index in [1.807, 2.05) is 37.3 Å². The van der Waals surface area contributed by atoms with Crippen LogP contribution in [0.5, 0.6) is 0 Å². The van der Waals surface area contributed by atoms with E-state index in [9.17, 15) is 4.79 Å². The maximum atomic E-state index is 11.9. The molecule has 0 aliphatic carbocycles. The van der Waals surface area contributed by atoms with Crippen LogP contribution in [0.4, 0.5) is 10.5 Å². The number of hydrogen-bond acceptors (Lipinski definition) is 6. The lowest BCUT2D eigenvalue weighted by Crippen LogP contribution is -2.46. The fourth-order valence-corrected chi connectivity index (χ4v) is 2.77. The van der Waals surface area contributed by atoms with Crippen molar-refractivity contribution in [1.82, 2.24) is 20.6 Å². The van der Waals surface area contributed by atoms with Crippen molar-refractivity contribution in [2.75, 3.05) is 18.0 Å². The van der Waals surface area contributed by atoms with Crippen molar-refractivity contribution in [3.63, 3.8) is 0 Å². The van der Waals surface area contributed by atoms with Crippen molar-refractivity contribution in [3.05, 3.63) is 47.7 Å². The first-order valence-corrected chi connectivity index (χ1v) is 8.09. The minimum Gasteiger partial charge on any atom is -0.361 e. The molecule has 0 unspecified atom stereocenters. The maximum absolute atomic E-state index is 11.9. The Balaban J connectivity index is 1.49. The molecule has 8 heteroatoms. The van der Waals surface area contributed by atoms with Gasteiger partial charge in [-0.2, -0.15) is 4.98 Å². The van der Waals surface area contributed by atoms with Gasteiger partial charge in [-0.25, -0.2) is 4.79 Å². The summed E-state index contributed by atoms with van der Waals surface area (Å²) >= 11 is 0. The summed E-state index contributed by atoms with van der Waals surface area (Å²) in [7, 11) is 0. The fraction of sp³-hybridized carbons (Fsp3) is 0.294. The number of benzene rings is 1. The second-order valence-corrected chi connectivity index (χ2v) is 5.90. The van der Waals surface area contributed by atoms with E-state index in [0.29, 0.717) is 24.7 Å². The van der Waals surface area contributed by atoms with Crippen LogP contribution in [0.3, 0.4) is 0 Å². The molecule has 8 nitrogen and oxygen atoms in total. The van der Waals surface area contributed by atoms with Crippen LogP contribution in [-0.4, -0.2) is 34.4 Å². The Kier molecular flexibility index (Phi) is 3.93. The van der Waals surface area contributed by atoms with Gasteiger partial charge in [0.15, 0.2) is 0 Å². The molecule has 2 amide bonds. The minimum atomic E-state index is -0.0660. The molecule has 4 rings (SSSR count). The third-order valence-electron chi connectivity index (χ3n) is 3.99. The number of rotatable bonds is 4. The van der Waals surface area contributed by atoms with Gasteiger partial charge in [0.05, 0.1) is 12.1 Å². The molecule has 2 aromatic heterocycles. The van der Waals surface area contributed by atoms with E-state index < -0.39 is 0 Å². The smallest absolute Gasteiger partial charge is 0.321 e. The highest BCUT2D eigenvalue weighted by molar-refractivity contribution is 5.92. The molecule has 0 bridgehead atoms. The lowest BCUT2D eigenvalue weighted by Gasteiger charge is -2.27. The summed E-state index contributed by atoms with van der Waals surface area (Å²) in [5.41, 5.74) is 2.43. The van der Waals surface area contributed by atoms with Gasteiger partial charge >= 0.3 is 6.03 Å². The lowest BCUT2D eigenvalue weighted by molar-refractivity contribution is 0.243. The molecule has 1 fully saturated rings. The Bertz CT molecular complexity index is 884. The number of anilines is 1. The molecule has 1 saturated heterocycles. The van der Waals surface area contributed by atoms with Crippen molar-refractivity contribution >= 4 is 11.7 Å². The van der Waals surface area contributed by atoms with E-state index in [-0.39, 0.29) is 6.03 Å². The van der Waals surface area contributed by atoms with Crippen molar-refractivity contribution in [2.45, 2.75) is 19.8 Å². The third kappa shape index (κ3) is 3.23. The molecule has 3 heterocycles. The molecule has 3 aromatic rings. The molecule has 25 heavy (non-hydrogen) atoms. The van der Waals surface area contributed by atoms with Gasteiger partial charge in [-0.05, 0) is 37.6 Å². The molecule has 1 N–H and O–H groups in total. The second-order valence-electron chi connectivity index (χ2n) is 5.90. The van der Waals surface area contributed by atoms with E-state index in [2.05, 4.69) is 20.6 Å². The number of aryl methyl sites for hydroxylation is 1. The summed E-state index contributed by atoms with van der Waals surface area (Å²) in [6.45, 7) is 3.28. The van der Waals surface area contributed by atoms with E-state index >= 15 is 0 Å². The minimum absolute atomic E-state index is 0.0660. The zero-order valence-corrected chi connectivity index (χ0v) is 13.7. The first kappa shape index (κ1) is 15.4. The van der Waals surface area contributed by atoms with E-state index in [1.165, 1.54) is 0 Å². The van der Waals surface area contributed by atoms with Crippen molar-refractivity contribution in [1.29, 1.82) is 0 Å². The van der Waals surface area contributed by atoms with Crippen LogP contribution in [-0.2, 0) is 6.42 Å².